The van der Waals surface area contributed by atoms with Crippen LogP contribution in [0.5, 0.6) is 17.2 Å². The highest BCUT2D eigenvalue weighted by molar-refractivity contribution is 6.00. The topological polar surface area (TPSA) is 96.5 Å². The van der Waals surface area contributed by atoms with Crippen molar-refractivity contribution in [2.24, 2.45) is 0 Å². The standard InChI is InChI=1S/C29H33N5O5/c1-32-13-15-33(16-14-32)19-7-8-23-21(17-19)27(35)31-29(39-23)9-11-34(12-10-29)28(36)22-18-25(38-3)20-5-4-6-24(37-2)26(20)30-22/h4-8,17-18H,9-16H2,1-3H3,(H,31,35). The molecule has 3 aliphatic rings. The fourth-order valence-corrected chi connectivity index (χ4v) is 5.65. The zero-order chi connectivity index (χ0) is 27.1. The molecule has 0 bridgehead atoms. The second kappa shape index (κ2) is 9.92. The van der Waals surface area contributed by atoms with Crippen molar-refractivity contribution in [3.05, 3.63) is 53.7 Å². The first-order chi connectivity index (χ1) is 18.9. The fraction of sp³-hybridized carbons (Fsp3) is 0.414. The number of amides is 2. The number of piperidine rings is 1. The van der Waals surface area contributed by atoms with Gasteiger partial charge in [0.2, 0.25) is 0 Å². The first kappa shape index (κ1) is 25.2. The van der Waals surface area contributed by atoms with Crippen LogP contribution in [0.4, 0.5) is 5.69 Å². The summed E-state index contributed by atoms with van der Waals surface area (Å²) in [6.07, 6.45) is 0.941. The summed E-state index contributed by atoms with van der Waals surface area (Å²) in [7, 11) is 5.27. The number of carbonyl (C=O) groups excluding carboxylic acids is 2. The predicted octanol–water partition coefficient (Wildman–Crippen LogP) is 2.76. The third-order valence-electron chi connectivity index (χ3n) is 8.00. The van der Waals surface area contributed by atoms with Crippen LogP contribution in [-0.2, 0) is 0 Å². The molecule has 1 spiro atoms. The van der Waals surface area contributed by atoms with Gasteiger partial charge in [0.15, 0.2) is 5.72 Å². The lowest BCUT2D eigenvalue weighted by Crippen LogP contribution is -2.61. The largest absolute Gasteiger partial charge is 0.496 e. The summed E-state index contributed by atoms with van der Waals surface area (Å²) in [5.74, 6) is 1.39. The molecule has 4 heterocycles. The Bertz CT molecular complexity index is 1430. The molecular formula is C29H33N5O5. The maximum absolute atomic E-state index is 13.5. The third-order valence-corrected chi connectivity index (χ3v) is 8.00. The molecule has 2 aromatic carbocycles. The van der Waals surface area contributed by atoms with Gasteiger partial charge in [0, 0.05) is 69.3 Å². The summed E-state index contributed by atoms with van der Waals surface area (Å²) in [5, 5.41) is 3.88. The first-order valence-electron chi connectivity index (χ1n) is 13.3. The van der Waals surface area contributed by atoms with Crippen LogP contribution in [0.1, 0.15) is 33.7 Å². The van der Waals surface area contributed by atoms with E-state index >= 15 is 0 Å². The predicted molar refractivity (Wildman–Crippen MR) is 147 cm³/mol. The van der Waals surface area contributed by atoms with Gasteiger partial charge < -0.3 is 34.2 Å². The number of hydrogen-bond acceptors (Lipinski definition) is 8. The van der Waals surface area contributed by atoms with E-state index < -0.39 is 5.72 Å². The average Bonchev–Trinajstić information content (AvgIpc) is 2.96. The van der Waals surface area contributed by atoms with E-state index in [0.717, 1.165) is 37.3 Å². The molecule has 6 rings (SSSR count). The summed E-state index contributed by atoms with van der Waals surface area (Å²) in [6.45, 7) is 4.68. The van der Waals surface area contributed by atoms with Gasteiger partial charge in [0.05, 0.1) is 19.8 Å². The number of rotatable bonds is 4. The van der Waals surface area contributed by atoms with Gasteiger partial charge in [-0.1, -0.05) is 6.07 Å². The average molecular weight is 532 g/mol. The van der Waals surface area contributed by atoms with E-state index in [-0.39, 0.29) is 17.5 Å². The number of carbonyl (C=O) groups is 2. The molecule has 0 radical (unpaired) electrons. The Morgan fingerprint density at radius 1 is 0.974 bits per heavy atom. The Morgan fingerprint density at radius 3 is 2.44 bits per heavy atom. The number of methoxy groups -OCH3 is 2. The number of para-hydroxylation sites is 1. The summed E-state index contributed by atoms with van der Waals surface area (Å²) < 4.78 is 17.4. The van der Waals surface area contributed by atoms with Gasteiger partial charge in [0.25, 0.3) is 11.8 Å². The van der Waals surface area contributed by atoms with Crippen molar-refractivity contribution in [1.29, 1.82) is 0 Å². The number of benzene rings is 2. The van der Waals surface area contributed by atoms with Crippen LogP contribution in [0.2, 0.25) is 0 Å². The van der Waals surface area contributed by atoms with E-state index in [9.17, 15) is 9.59 Å². The number of ether oxygens (including phenoxy) is 3. The molecule has 2 fully saturated rings. The number of nitrogens with zero attached hydrogens (tertiary/aromatic N) is 4. The maximum atomic E-state index is 13.5. The number of nitrogens with one attached hydrogen (secondary N) is 1. The normalized spacial score (nSPS) is 18.9. The van der Waals surface area contributed by atoms with E-state index in [1.54, 1.807) is 25.2 Å². The molecule has 204 valence electrons. The van der Waals surface area contributed by atoms with Gasteiger partial charge in [-0.05, 0) is 37.4 Å². The number of anilines is 1. The minimum atomic E-state index is -0.839. The van der Waals surface area contributed by atoms with E-state index in [2.05, 4.69) is 27.1 Å². The second-order valence-corrected chi connectivity index (χ2v) is 10.4. The van der Waals surface area contributed by atoms with Crippen molar-refractivity contribution < 1.29 is 23.8 Å². The van der Waals surface area contributed by atoms with Crippen LogP contribution in [0.15, 0.2) is 42.5 Å². The van der Waals surface area contributed by atoms with E-state index in [1.807, 2.05) is 36.4 Å². The number of hydrogen-bond donors (Lipinski definition) is 1. The van der Waals surface area contributed by atoms with Crippen molar-refractivity contribution >= 4 is 28.4 Å². The van der Waals surface area contributed by atoms with Gasteiger partial charge >= 0.3 is 0 Å². The Kier molecular flexibility index (Phi) is 6.42. The van der Waals surface area contributed by atoms with Gasteiger partial charge in [-0.15, -0.1) is 0 Å². The van der Waals surface area contributed by atoms with Gasteiger partial charge in [-0.2, -0.15) is 0 Å². The van der Waals surface area contributed by atoms with Gasteiger partial charge in [-0.3, -0.25) is 9.59 Å². The lowest BCUT2D eigenvalue weighted by molar-refractivity contribution is -0.0246. The second-order valence-electron chi connectivity index (χ2n) is 10.4. The molecule has 0 unspecified atom stereocenters. The molecule has 0 atom stereocenters. The maximum Gasteiger partial charge on any atom is 0.272 e. The molecule has 10 heteroatoms. The van der Waals surface area contributed by atoms with Crippen LogP contribution < -0.4 is 24.4 Å². The molecule has 1 N–H and O–H groups in total. The van der Waals surface area contributed by atoms with E-state index in [1.165, 1.54) is 0 Å². The Labute approximate surface area is 227 Å². The minimum Gasteiger partial charge on any atom is -0.496 e. The Morgan fingerprint density at radius 2 is 1.72 bits per heavy atom. The summed E-state index contributed by atoms with van der Waals surface area (Å²) >= 11 is 0. The molecule has 2 saturated heterocycles. The number of aromatic nitrogens is 1. The third kappa shape index (κ3) is 4.58. The zero-order valence-corrected chi connectivity index (χ0v) is 22.5. The number of likely N-dealkylation sites (N-methyl/N-ethyl adjacent to an activating group) is 1. The van der Waals surface area contributed by atoms with E-state index in [4.69, 9.17) is 14.2 Å². The number of pyridine rings is 1. The van der Waals surface area contributed by atoms with Crippen molar-refractivity contribution in [3.8, 4) is 17.2 Å². The SMILES string of the molecule is COc1cc(C(=O)N2CCC3(CC2)NC(=O)c2cc(N4CCN(C)CC4)ccc2O3)nc2c(OC)cccc12. The highest BCUT2D eigenvalue weighted by Gasteiger charge is 2.43. The van der Waals surface area contributed by atoms with Gasteiger partial charge in [0.1, 0.15) is 28.5 Å². The summed E-state index contributed by atoms with van der Waals surface area (Å²) in [6, 6.07) is 13.1. The van der Waals surface area contributed by atoms with Crippen LogP contribution in [0.25, 0.3) is 10.9 Å². The lowest BCUT2D eigenvalue weighted by atomic mass is 9.96. The molecule has 3 aliphatic heterocycles. The van der Waals surface area contributed by atoms with Crippen molar-refractivity contribution in [2.75, 3.05) is 65.4 Å². The monoisotopic (exact) mass is 531 g/mol. The molecular weight excluding hydrogens is 498 g/mol. The lowest BCUT2D eigenvalue weighted by Gasteiger charge is -2.44. The smallest absolute Gasteiger partial charge is 0.272 e. The zero-order valence-electron chi connectivity index (χ0n) is 22.5. The molecule has 3 aromatic rings. The summed E-state index contributed by atoms with van der Waals surface area (Å²) in [4.78, 5) is 37.7. The Balaban J connectivity index is 1.17. The highest BCUT2D eigenvalue weighted by atomic mass is 16.5. The van der Waals surface area contributed by atoms with E-state index in [0.29, 0.717) is 54.3 Å². The van der Waals surface area contributed by atoms with Crippen molar-refractivity contribution in [3.63, 3.8) is 0 Å². The van der Waals surface area contributed by atoms with Crippen LogP contribution in [0, 0.1) is 0 Å². The molecule has 10 nitrogen and oxygen atoms in total. The molecule has 39 heavy (non-hydrogen) atoms. The highest BCUT2D eigenvalue weighted by Crippen LogP contribution is 2.37. The number of fused-ring (bicyclic) bond motifs is 2. The molecule has 2 amide bonds. The van der Waals surface area contributed by atoms with Crippen LogP contribution in [0.3, 0.4) is 0 Å². The van der Waals surface area contributed by atoms with Crippen LogP contribution in [-0.4, -0.2) is 92.9 Å². The van der Waals surface area contributed by atoms with Crippen molar-refractivity contribution in [2.45, 2.75) is 18.6 Å². The van der Waals surface area contributed by atoms with Gasteiger partial charge in [-0.25, -0.2) is 4.98 Å². The summed E-state index contributed by atoms with van der Waals surface area (Å²) in [5.41, 5.74) is 1.61. The molecule has 0 aliphatic carbocycles. The number of likely N-dealkylation sites (tertiary alicyclic amines) is 1. The first-order valence-corrected chi connectivity index (χ1v) is 13.3. The fourth-order valence-electron chi connectivity index (χ4n) is 5.65. The Hall–Kier alpha value is -4.05. The minimum absolute atomic E-state index is 0.139. The quantitative estimate of drug-likeness (QED) is 0.549. The molecule has 0 saturated carbocycles. The number of piperazine rings is 1. The van der Waals surface area contributed by atoms with Crippen molar-refractivity contribution in [1.82, 2.24) is 20.1 Å². The molecule has 1 aromatic heterocycles. The van der Waals surface area contributed by atoms with Crippen LogP contribution >= 0.6 is 0 Å².